The number of anilines is 1. The first-order valence-electron chi connectivity index (χ1n) is 8.37. The number of nitrogens with zero attached hydrogens (tertiary/aromatic N) is 2. The van der Waals surface area contributed by atoms with Crippen LogP contribution in [0.2, 0.25) is 0 Å². The Morgan fingerprint density at radius 1 is 0.920 bits per heavy atom. The number of amidine groups is 1. The van der Waals surface area contributed by atoms with Gasteiger partial charge in [-0.3, -0.25) is 4.99 Å². The Morgan fingerprint density at radius 3 is 2.04 bits per heavy atom. The standard InChI is InChI=1S/C21H23N3O/c1-15(24-21(2,3)4)22-20-18(16-11-7-5-8-12-16)23-19(25-20)17-13-9-6-10-14-17/h5-14H,1-4H3,(H,22,24). The summed E-state index contributed by atoms with van der Waals surface area (Å²) in [5, 5.41) is 3.28. The molecule has 2 aromatic carbocycles. The number of benzene rings is 2. The number of aromatic nitrogens is 1. The summed E-state index contributed by atoms with van der Waals surface area (Å²) in [5.74, 6) is 1.99. The minimum absolute atomic E-state index is 0.160. The number of rotatable bonds is 3. The zero-order valence-electron chi connectivity index (χ0n) is 15.1. The third-order valence-corrected chi connectivity index (χ3v) is 3.49. The van der Waals surface area contributed by atoms with E-state index in [0.717, 1.165) is 22.7 Å². The summed E-state index contributed by atoms with van der Waals surface area (Å²) in [5.41, 5.74) is 2.56. The molecule has 25 heavy (non-hydrogen) atoms. The minimum atomic E-state index is -0.160. The van der Waals surface area contributed by atoms with Gasteiger partial charge >= 0.3 is 0 Å². The second-order valence-electron chi connectivity index (χ2n) is 6.92. The van der Waals surface area contributed by atoms with Gasteiger partial charge in [0, 0.05) is 11.1 Å². The van der Waals surface area contributed by atoms with Gasteiger partial charge in [-0.2, -0.15) is 0 Å². The second-order valence-corrected chi connectivity index (χ2v) is 6.92. The quantitative estimate of drug-likeness (QED) is 0.498. The van der Waals surface area contributed by atoms with E-state index >= 15 is 0 Å². The van der Waals surface area contributed by atoms with Crippen molar-refractivity contribution in [2.75, 3.05) is 5.32 Å². The first-order chi connectivity index (χ1) is 11.9. The van der Waals surface area contributed by atoms with Crippen LogP contribution in [0.1, 0.15) is 27.7 Å². The Morgan fingerprint density at radius 2 is 1.48 bits per heavy atom. The highest BCUT2D eigenvalue weighted by atomic mass is 16.4. The molecule has 0 aliphatic rings. The molecule has 0 aliphatic heterocycles. The minimum Gasteiger partial charge on any atom is -0.420 e. The molecule has 128 valence electrons. The molecule has 0 radical (unpaired) electrons. The Hall–Kier alpha value is -2.88. The first-order valence-corrected chi connectivity index (χ1v) is 8.37. The molecule has 3 aromatic rings. The molecule has 0 amide bonds. The largest absolute Gasteiger partial charge is 0.420 e. The van der Waals surface area contributed by atoms with Crippen LogP contribution >= 0.6 is 0 Å². The summed E-state index contributed by atoms with van der Waals surface area (Å²) in [6.07, 6.45) is 0. The number of aliphatic imine (C=N–C) groups is 1. The zero-order valence-corrected chi connectivity index (χ0v) is 15.1. The van der Waals surface area contributed by atoms with E-state index in [0.29, 0.717) is 11.8 Å². The lowest BCUT2D eigenvalue weighted by atomic mass is 10.1. The SMILES string of the molecule is CC(=NC(C)(C)C)Nc1oc(-c2ccccc2)nc1-c1ccccc1. The average Bonchev–Trinajstić information content (AvgIpc) is 2.98. The molecule has 0 unspecified atom stereocenters. The van der Waals surface area contributed by atoms with E-state index < -0.39 is 0 Å². The summed E-state index contributed by atoms with van der Waals surface area (Å²) < 4.78 is 6.04. The van der Waals surface area contributed by atoms with Crippen LogP contribution in [0.3, 0.4) is 0 Å². The van der Waals surface area contributed by atoms with Crippen molar-refractivity contribution in [3.63, 3.8) is 0 Å². The van der Waals surface area contributed by atoms with Crippen LogP contribution in [-0.4, -0.2) is 16.4 Å². The molecule has 0 fully saturated rings. The van der Waals surface area contributed by atoms with E-state index in [2.05, 4.69) is 31.1 Å². The predicted octanol–water partition coefficient (Wildman–Crippen LogP) is 5.64. The van der Waals surface area contributed by atoms with Crippen molar-refractivity contribution in [3.05, 3.63) is 60.7 Å². The molecular weight excluding hydrogens is 310 g/mol. The monoisotopic (exact) mass is 333 g/mol. The van der Waals surface area contributed by atoms with Gasteiger partial charge in [0.2, 0.25) is 11.8 Å². The number of oxazole rings is 1. The molecule has 4 nitrogen and oxygen atoms in total. The molecule has 0 atom stereocenters. The van der Waals surface area contributed by atoms with Crippen LogP contribution < -0.4 is 5.32 Å². The van der Waals surface area contributed by atoms with E-state index in [4.69, 9.17) is 9.40 Å². The molecular formula is C21H23N3O. The molecule has 3 rings (SSSR count). The van der Waals surface area contributed by atoms with Gasteiger partial charge in [0.05, 0.1) is 5.54 Å². The van der Waals surface area contributed by atoms with Gasteiger partial charge in [0.25, 0.3) is 0 Å². The molecule has 0 saturated carbocycles. The van der Waals surface area contributed by atoms with E-state index in [9.17, 15) is 0 Å². The van der Waals surface area contributed by atoms with Crippen LogP contribution in [0, 0.1) is 0 Å². The molecule has 4 heteroatoms. The average molecular weight is 333 g/mol. The summed E-state index contributed by atoms with van der Waals surface area (Å²) in [6, 6.07) is 19.9. The van der Waals surface area contributed by atoms with Crippen molar-refractivity contribution in [2.24, 2.45) is 4.99 Å². The Kier molecular flexibility index (Phi) is 4.70. The number of nitrogens with one attached hydrogen (secondary N) is 1. The number of hydrogen-bond donors (Lipinski definition) is 1. The number of hydrogen-bond acceptors (Lipinski definition) is 3. The maximum absolute atomic E-state index is 6.04. The van der Waals surface area contributed by atoms with Gasteiger partial charge in [-0.05, 0) is 39.8 Å². The van der Waals surface area contributed by atoms with Gasteiger partial charge in [-0.15, -0.1) is 0 Å². The predicted molar refractivity (Wildman–Crippen MR) is 104 cm³/mol. The molecule has 0 spiro atoms. The van der Waals surface area contributed by atoms with Crippen molar-refractivity contribution < 1.29 is 4.42 Å². The highest BCUT2D eigenvalue weighted by Gasteiger charge is 2.17. The van der Waals surface area contributed by atoms with Crippen molar-refractivity contribution in [1.29, 1.82) is 0 Å². The van der Waals surface area contributed by atoms with Gasteiger partial charge < -0.3 is 9.73 Å². The maximum Gasteiger partial charge on any atom is 0.229 e. The molecule has 1 aromatic heterocycles. The summed E-state index contributed by atoms with van der Waals surface area (Å²) >= 11 is 0. The lowest BCUT2D eigenvalue weighted by Gasteiger charge is -2.14. The van der Waals surface area contributed by atoms with Crippen LogP contribution in [0.5, 0.6) is 0 Å². The van der Waals surface area contributed by atoms with Crippen LogP contribution in [0.15, 0.2) is 70.1 Å². The maximum atomic E-state index is 6.04. The van der Waals surface area contributed by atoms with Crippen molar-refractivity contribution in [2.45, 2.75) is 33.2 Å². The van der Waals surface area contributed by atoms with Gasteiger partial charge in [0.15, 0.2) is 0 Å². The smallest absolute Gasteiger partial charge is 0.229 e. The molecule has 0 aliphatic carbocycles. The second kappa shape index (κ2) is 6.93. The van der Waals surface area contributed by atoms with Crippen molar-refractivity contribution in [3.8, 4) is 22.7 Å². The Balaban J connectivity index is 2.03. The van der Waals surface area contributed by atoms with Crippen molar-refractivity contribution in [1.82, 2.24) is 4.98 Å². The van der Waals surface area contributed by atoms with E-state index in [1.807, 2.05) is 67.6 Å². The third kappa shape index (κ3) is 4.35. The topological polar surface area (TPSA) is 50.4 Å². The fourth-order valence-corrected chi connectivity index (χ4v) is 2.60. The van der Waals surface area contributed by atoms with E-state index in [1.165, 1.54) is 0 Å². The molecule has 1 N–H and O–H groups in total. The fraction of sp³-hybridized carbons (Fsp3) is 0.238. The highest BCUT2D eigenvalue weighted by molar-refractivity contribution is 5.95. The van der Waals surface area contributed by atoms with E-state index in [-0.39, 0.29) is 5.54 Å². The van der Waals surface area contributed by atoms with Gasteiger partial charge in [-0.25, -0.2) is 4.98 Å². The summed E-state index contributed by atoms with van der Waals surface area (Å²) in [6.45, 7) is 8.12. The Bertz CT molecular complexity index is 859. The Labute approximate surface area is 148 Å². The van der Waals surface area contributed by atoms with Gasteiger partial charge in [0.1, 0.15) is 11.5 Å². The molecule has 0 saturated heterocycles. The fourth-order valence-electron chi connectivity index (χ4n) is 2.60. The zero-order chi connectivity index (χ0) is 17.9. The summed E-state index contributed by atoms with van der Waals surface area (Å²) in [7, 11) is 0. The van der Waals surface area contributed by atoms with Crippen LogP contribution in [0.4, 0.5) is 5.88 Å². The van der Waals surface area contributed by atoms with E-state index in [1.54, 1.807) is 0 Å². The highest BCUT2D eigenvalue weighted by Crippen LogP contribution is 2.32. The first kappa shape index (κ1) is 17.0. The van der Waals surface area contributed by atoms with Crippen molar-refractivity contribution >= 4 is 11.7 Å². The van der Waals surface area contributed by atoms with Crippen LogP contribution in [-0.2, 0) is 0 Å². The third-order valence-electron chi connectivity index (χ3n) is 3.49. The lowest BCUT2D eigenvalue weighted by Crippen LogP contribution is -2.17. The normalized spacial score (nSPS) is 12.2. The molecule has 0 bridgehead atoms. The van der Waals surface area contributed by atoms with Gasteiger partial charge in [-0.1, -0.05) is 48.5 Å². The summed E-state index contributed by atoms with van der Waals surface area (Å²) in [4.78, 5) is 9.36. The van der Waals surface area contributed by atoms with Crippen LogP contribution in [0.25, 0.3) is 22.7 Å². The lowest BCUT2D eigenvalue weighted by molar-refractivity contribution is 0.579. The molecule has 1 heterocycles.